The van der Waals surface area contributed by atoms with Gasteiger partial charge in [-0.3, -0.25) is 9.35 Å². The fraction of sp³-hybridized carbons (Fsp3) is 0.417. The molecule has 0 aliphatic carbocycles. The van der Waals surface area contributed by atoms with Crippen molar-refractivity contribution in [3.05, 3.63) is 36.3 Å². The van der Waals surface area contributed by atoms with Crippen LogP contribution < -0.4 is 0 Å². The van der Waals surface area contributed by atoms with Gasteiger partial charge in [0.25, 0.3) is 10.1 Å². The average molecular weight is 334 g/mol. The lowest BCUT2D eigenvalue weighted by Gasteiger charge is -2.23. The van der Waals surface area contributed by atoms with Crippen LogP contribution in [0.25, 0.3) is 0 Å². The van der Waals surface area contributed by atoms with Crippen molar-refractivity contribution in [3.8, 4) is 0 Å². The van der Waals surface area contributed by atoms with Gasteiger partial charge in [0.15, 0.2) is 5.78 Å². The number of carbonyl (C=O) groups excluding carboxylic acids is 1. The molecule has 20 heavy (non-hydrogen) atoms. The molecule has 0 saturated carbocycles. The van der Waals surface area contributed by atoms with Crippen LogP contribution >= 0.6 is 23.5 Å². The van der Waals surface area contributed by atoms with Crippen LogP contribution in [0.3, 0.4) is 0 Å². The van der Waals surface area contributed by atoms with Crippen LogP contribution in [0.15, 0.2) is 35.0 Å². The first-order valence-corrected chi connectivity index (χ1v) is 9.21. The van der Waals surface area contributed by atoms with Crippen molar-refractivity contribution >= 4 is 39.4 Å². The molecular weight excluding hydrogens is 320 g/mol. The zero-order chi connectivity index (χ0) is 15.0. The highest BCUT2D eigenvalue weighted by Gasteiger charge is 2.49. The molecule has 2 rings (SSSR count). The van der Waals surface area contributed by atoms with Crippen LogP contribution in [0.4, 0.5) is 0 Å². The molecule has 1 aliphatic rings. The molecule has 0 radical (unpaired) electrons. The molecule has 0 bridgehead atoms. The lowest BCUT2D eigenvalue weighted by Crippen LogP contribution is -2.27. The molecule has 1 aliphatic heterocycles. The largest absolute Gasteiger partial charge is 0.467 e. The summed E-state index contributed by atoms with van der Waals surface area (Å²) in [6, 6.07) is 3.30. The third kappa shape index (κ3) is 3.30. The normalized spacial score (nSPS) is 26.6. The van der Waals surface area contributed by atoms with E-state index in [0.717, 1.165) is 0 Å². The van der Waals surface area contributed by atoms with Gasteiger partial charge in [0.1, 0.15) is 15.6 Å². The molecule has 0 spiro atoms. The highest BCUT2D eigenvalue weighted by atomic mass is 32.2. The van der Waals surface area contributed by atoms with Gasteiger partial charge in [-0.05, 0) is 24.6 Å². The van der Waals surface area contributed by atoms with Gasteiger partial charge in [-0.25, -0.2) is 0 Å². The first-order chi connectivity index (χ1) is 9.23. The van der Waals surface area contributed by atoms with Crippen LogP contribution in [-0.2, 0) is 19.0 Å². The monoisotopic (exact) mass is 334 g/mol. The number of furan rings is 1. The summed E-state index contributed by atoms with van der Waals surface area (Å²) >= 11 is 2.50. The quantitative estimate of drug-likeness (QED) is 0.653. The van der Waals surface area contributed by atoms with Gasteiger partial charge in [-0.2, -0.15) is 8.42 Å². The van der Waals surface area contributed by atoms with Crippen LogP contribution in [0.1, 0.15) is 12.7 Å². The maximum absolute atomic E-state index is 12.0. The van der Waals surface area contributed by atoms with E-state index in [9.17, 15) is 17.8 Å². The zero-order valence-corrected chi connectivity index (χ0v) is 13.2. The molecule has 8 heteroatoms. The van der Waals surface area contributed by atoms with Gasteiger partial charge >= 0.3 is 0 Å². The van der Waals surface area contributed by atoms with Crippen LogP contribution in [0.2, 0.25) is 0 Å². The lowest BCUT2D eigenvalue weighted by atomic mass is 10.2. The number of thioether (sulfide) groups is 2. The van der Waals surface area contributed by atoms with E-state index in [1.165, 1.54) is 29.8 Å². The maximum Gasteiger partial charge on any atom is 0.267 e. The number of allylic oxidation sites excluding steroid dienone is 1. The van der Waals surface area contributed by atoms with Crippen molar-refractivity contribution < 1.29 is 22.2 Å². The summed E-state index contributed by atoms with van der Waals surface area (Å²) in [4.78, 5) is 12.0. The topological polar surface area (TPSA) is 84.6 Å². The minimum atomic E-state index is -4.20. The van der Waals surface area contributed by atoms with Crippen molar-refractivity contribution in [3.63, 3.8) is 0 Å². The Labute approximate surface area is 125 Å². The maximum atomic E-state index is 12.0. The Hall–Kier alpha value is -0.700. The molecule has 1 N–H and O–H groups in total. The van der Waals surface area contributed by atoms with E-state index in [1.807, 2.05) is 0 Å². The van der Waals surface area contributed by atoms with Crippen molar-refractivity contribution in [2.75, 3.05) is 11.5 Å². The second kappa shape index (κ2) is 5.59. The van der Waals surface area contributed by atoms with Gasteiger partial charge in [-0.1, -0.05) is 6.58 Å². The number of hydrogen-bond donors (Lipinski definition) is 1. The lowest BCUT2D eigenvalue weighted by molar-refractivity contribution is -0.114. The smallest absolute Gasteiger partial charge is 0.267 e. The van der Waals surface area contributed by atoms with E-state index < -0.39 is 20.0 Å². The Morgan fingerprint density at radius 1 is 1.65 bits per heavy atom. The minimum Gasteiger partial charge on any atom is -0.467 e. The van der Waals surface area contributed by atoms with Gasteiger partial charge in [0, 0.05) is 5.75 Å². The molecule has 2 atom stereocenters. The summed E-state index contributed by atoms with van der Waals surface area (Å²) in [5, 5.41) is -0.385. The third-order valence-electron chi connectivity index (χ3n) is 2.78. The first-order valence-electron chi connectivity index (χ1n) is 5.74. The SMILES string of the molecule is C=C(C)C(=O)C1CSC(CS(=O)(=O)O)(c2ccco2)S1. The predicted molar refractivity (Wildman–Crippen MR) is 80.5 cm³/mol. The third-order valence-corrected chi connectivity index (χ3v) is 7.50. The Bertz CT molecular complexity index is 620. The molecule has 1 aromatic heterocycles. The molecule has 2 heterocycles. The standard InChI is InChI=1S/C12H14O5S3/c1-8(2)11(13)9-6-18-12(19-9,7-20(14,15)16)10-4-3-5-17-10/h3-5,9H,1,6-7H2,2H3,(H,14,15,16). The summed E-state index contributed by atoms with van der Waals surface area (Å²) in [6.07, 6.45) is 1.44. The van der Waals surface area contributed by atoms with Gasteiger partial charge in [-0.15, -0.1) is 23.5 Å². The van der Waals surface area contributed by atoms with Crippen LogP contribution in [0, 0.1) is 0 Å². The Morgan fingerprint density at radius 2 is 2.35 bits per heavy atom. The zero-order valence-electron chi connectivity index (χ0n) is 10.7. The van der Waals surface area contributed by atoms with E-state index >= 15 is 0 Å². The van der Waals surface area contributed by atoms with Crippen LogP contribution in [-0.4, -0.2) is 35.5 Å². The van der Waals surface area contributed by atoms with Crippen molar-refractivity contribution in [1.29, 1.82) is 0 Å². The summed E-state index contributed by atoms with van der Waals surface area (Å²) in [7, 11) is -4.20. The molecule has 1 saturated heterocycles. The Kier molecular flexibility index (Phi) is 4.38. The van der Waals surface area contributed by atoms with E-state index in [0.29, 0.717) is 17.1 Å². The fourth-order valence-electron chi connectivity index (χ4n) is 1.92. The van der Waals surface area contributed by atoms with Gasteiger partial charge < -0.3 is 4.42 Å². The number of Topliss-reactive ketones (excluding diaryl/α,β-unsaturated/α-hetero) is 1. The summed E-state index contributed by atoms with van der Waals surface area (Å²) in [5.74, 6) is 0.281. The molecule has 0 aromatic carbocycles. The van der Waals surface area contributed by atoms with E-state index in [4.69, 9.17) is 4.42 Å². The van der Waals surface area contributed by atoms with E-state index in [1.54, 1.807) is 19.1 Å². The van der Waals surface area contributed by atoms with Crippen molar-refractivity contribution in [2.45, 2.75) is 16.3 Å². The average Bonchev–Trinajstić information content (AvgIpc) is 2.94. The molecule has 5 nitrogen and oxygen atoms in total. The van der Waals surface area contributed by atoms with E-state index in [2.05, 4.69) is 6.58 Å². The molecule has 110 valence electrons. The summed E-state index contributed by atoms with van der Waals surface area (Å²) in [5.41, 5.74) is 0.435. The van der Waals surface area contributed by atoms with Gasteiger partial charge in [0.2, 0.25) is 0 Å². The van der Waals surface area contributed by atoms with Crippen LogP contribution in [0.5, 0.6) is 0 Å². The van der Waals surface area contributed by atoms with Gasteiger partial charge in [0.05, 0.1) is 11.5 Å². The fourth-order valence-corrected chi connectivity index (χ4v) is 7.18. The minimum absolute atomic E-state index is 0.105. The summed E-state index contributed by atoms with van der Waals surface area (Å²) in [6.45, 7) is 5.25. The molecule has 2 unspecified atom stereocenters. The number of hydrogen-bond acceptors (Lipinski definition) is 6. The molecule has 0 amide bonds. The molecular formula is C12H14O5S3. The Balaban J connectivity index is 2.32. The first kappa shape index (κ1) is 15.7. The second-order valence-electron chi connectivity index (χ2n) is 4.52. The Morgan fingerprint density at radius 3 is 2.85 bits per heavy atom. The number of ketones is 1. The van der Waals surface area contributed by atoms with Crippen molar-refractivity contribution in [2.24, 2.45) is 0 Å². The highest BCUT2D eigenvalue weighted by Crippen LogP contribution is 2.56. The number of carbonyl (C=O) groups is 1. The predicted octanol–water partition coefficient (Wildman–Crippen LogP) is 2.31. The number of rotatable bonds is 5. The van der Waals surface area contributed by atoms with E-state index in [-0.39, 0.29) is 11.0 Å². The molecule has 1 fully saturated rings. The summed E-state index contributed by atoms with van der Waals surface area (Å²) < 4.78 is 36.1. The highest BCUT2D eigenvalue weighted by molar-refractivity contribution is 8.22. The molecule has 1 aromatic rings. The van der Waals surface area contributed by atoms with Crippen molar-refractivity contribution in [1.82, 2.24) is 0 Å². The second-order valence-corrected chi connectivity index (χ2v) is 9.05.